The summed E-state index contributed by atoms with van der Waals surface area (Å²) in [5.41, 5.74) is 3.45. The largest absolute Gasteiger partial charge is 0.422 e. The number of nitrogens with zero attached hydrogens (tertiary/aromatic N) is 2. The van der Waals surface area contributed by atoms with Crippen molar-refractivity contribution in [2.24, 2.45) is 0 Å². The Morgan fingerprint density at radius 1 is 0.821 bits per heavy atom. The SMILES string of the molecule is O=c1oc2ccccc2c2c1CN(c1ccccc1)CN2c1ccc(F)cc1. The number of hydrogen-bond acceptors (Lipinski definition) is 4. The van der Waals surface area contributed by atoms with Crippen molar-refractivity contribution in [1.29, 1.82) is 0 Å². The minimum Gasteiger partial charge on any atom is -0.422 e. The van der Waals surface area contributed by atoms with Crippen LogP contribution in [0, 0.1) is 5.82 Å². The van der Waals surface area contributed by atoms with Gasteiger partial charge in [0.15, 0.2) is 0 Å². The summed E-state index contributed by atoms with van der Waals surface area (Å²) in [4.78, 5) is 17.0. The number of rotatable bonds is 2. The van der Waals surface area contributed by atoms with E-state index in [9.17, 15) is 9.18 Å². The summed E-state index contributed by atoms with van der Waals surface area (Å²) in [5, 5.41) is 0.870. The Hall–Kier alpha value is -3.60. The Kier molecular flexibility index (Phi) is 3.86. The third-order valence-corrected chi connectivity index (χ3v) is 5.07. The quantitative estimate of drug-likeness (QED) is 0.462. The molecule has 28 heavy (non-hydrogen) atoms. The minimum absolute atomic E-state index is 0.293. The molecule has 3 aromatic carbocycles. The summed E-state index contributed by atoms with van der Waals surface area (Å²) < 4.78 is 19.1. The normalized spacial score (nSPS) is 13.6. The van der Waals surface area contributed by atoms with E-state index < -0.39 is 0 Å². The molecule has 0 unspecified atom stereocenters. The van der Waals surface area contributed by atoms with Crippen LogP contribution < -0.4 is 15.4 Å². The van der Waals surface area contributed by atoms with E-state index >= 15 is 0 Å². The molecule has 0 spiro atoms. The van der Waals surface area contributed by atoms with Gasteiger partial charge < -0.3 is 14.2 Å². The van der Waals surface area contributed by atoms with Crippen LogP contribution >= 0.6 is 0 Å². The molecule has 1 aliphatic heterocycles. The van der Waals surface area contributed by atoms with Crippen LogP contribution in [0.2, 0.25) is 0 Å². The Balaban J connectivity index is 1.75. The first-order valence-corrected chi connectivity index (χ1v) is 9.08. The van der Waals surface area contributed by atoms with E-state index in [0.29, 0.717) is 24.4 Å². The topological polar surface area (TPSA) is 36.7 Å². The molecule has 2 heterocycles. The summed E-state index contributed by atoms with van der Waals surface area (Å²) in [6.45, 7) is 0.986. The average Bonchev–Trinajstić information content (AvgIpc) is 2.74. The first-order chi connectivity index (χ1) is 13.7. The van der Waals surface area contributed by atoms with Crippen LogP contribution in [0.3, 0.4) is 0 Å². The maximum atomic E-state index is 13.5. The lowest BCUT2D eigenvalue weighted by molar-refractivity contribution is 0.543. The molecule has 0 radical (unpaired) electrons. The van der Waals surface area contributed by atoms with Crippen molar-refractivity contribution < 1.29 is 8.81 Å². The van der Waals surface area contributed by atoms with Gasteiger partial charge in [-0.15, -0.1) is 0 Å². The molecule has 0 aliphatic carbocycles. The molecule has 0 saturated carbocycles. The molecule has 0 amide bonds. The van der Waals surface area contributed by atoms with E-state index in [2.05, 4.69) is 4.90 Å². The second-order valence-electron chi connectivity index (χ2n) is 6.79. The zero-order valence-electron chi connectivity index (χ0n) is 15.0. The number of anilines is 3. The molecule has 0 fully saturated rings. The van der Waals surface area contributed by atoms with Gasteiger partial charge in [0.05, 0.1) is 24.5 Å². The van der Waals surface area contributed by atoms with Crippen LogP contribution in [0.15, 0.2) is 88.1 Å². The number of benzene rings is 3. The lowest BCUT2D eigenvalue weighted by Gasteiger charge is -2.39. The van der Waals surface area contributed by atoms with Gasteiger partial charge >= 0.3 is 5.63 Å². The molecular weight excluding hydrogens is 355 g/mol. The summed E-state index contributed by atoms with van der Waals surface area (Å²) in [7, 11) is 0. The van der Waals surface area contributed by atoms with Crippen LogP contribution in [0.25, 0.3) is 11.0 Å². The Labute approximate surface area is 161 Å². The highest BCUT2D eigenvalue weighted by atomic mass is 19.1. The molecule has 0 N–H and O–H groups in total. The predicted molar refractivity (Wildman–Crippen MR) is 109 cm³/mol. The second-order valence-corrected chi connectivity index (χ2v) is 6.79. The third-order valence-electron chi connectivity index (χ3n) is 5.07. The molecule has 138 valence electrons. The maximum absolute atomic E-state index is 13.5. The van der Waals surface area contributed by atoms with Crippen molar-refractivity contribution in [3.8, 4) is 0 Å². The zero-order valence-corrected chi connectivity index (χ0v) is 15.0. The molecule has 0 atom stereocenters. The standard InChI is InChI=1S/C23H17FN2O2/c24-16-10-12-18(13-11-16)26-15-25(17-6-2-1-3-7-17)14-20-22(26)19-8-4-5-9-21(19)28-23(20)27/h1-13H,14-15H2. The highest BCUT2D eigenvalue weighted by Crippen LogP contribution is 2.38. The molecule has 0 saturated heterocycles. The van der Waals surface area contributed by atoms with Crippen molar-refractivity contribution in [2.75, 3.05) is 16.5 Å². The summed E-state index contributed by atoms with van der Waals surface area (Å²) in [6, 6.07) is 23.8. The lowest BCUT2D eigenvalue weighted by atomic mass is 10.1. The van der Waals surface area contributed by atoms with Crippen molar-refractivity contribution in [3.63, 3.8) is 0 Å². The zero-order chi connectivity index (χ0) is 19.1. The van der Waals surface area contributed by atoms with E-state index in [1.165, 1.54) is 12.1 Å². The van der Waals surface area contributed by atoms with Crippen LogP contribution in [0.5, 0.6) is 0 Å². The first kappa shape index (κ1) is 16.6. The molecule has 5 rings (SSSR count). The first-order valence-electron chi connectivity index (χ1n) is 9.08. The molecule has 1 aromatic heterocycles. The Bertz CT molecular complexity index is 1200. The smallest absolute Gasteiger partial charge is 0.343 e. The van der Waals surface area contributed by atoms with Crippen LogP contribution in [0.1, 0.15) is 5.56 Å². The second kappa shape index (κ2) is 6.53. The fourth-order valence-corrected chi connectivity index (χ4v) is 3.75. The van der Waals surface area contributed by atoms with Crippen LogP contribution in [-0.2, 0) is 6.54 Å². The Morgan fingerprint density at radius 2 is 1.54 bits per heavy atom. The van der Waals surface area contributed by atoms with E-state index in [-0.39, 0.29) is 11.4 Å². The fourth-order valence-electron chi connectivity index (χ4n) is 3.75. The van der Waals surface area contributed by atoms with Crippen LogP contribution in [0.4, 0.5) is 21.5 Å². The number of para-hydroxylation sites is 2. The van der Waals surface area contributed by atoms with Crippen molar-refractivity contribution >= 4 is 28.0 Å². The van der Waals surface area contributed by atoms with Gasteiger partial charge in [0.2, 0.25) is 0 Å². The van der Waals surface area contributed by atoms with Gasteiger partial charge in [-0.1, -0.05) is 30.3 Å². The minimum atomic E-state index is -0.346. The molecular formula is C23H17FN2O2. The molecule has 4 aromatic rings. The van der Waals surface area contributed by atoms with Gasteiger partial charge in [-0.2, -0.15) is 0 Å². The molecule has 5 heteroatoms. The van der Waals surface area contributed by atoms with Gasteiger partial charge in [0.1, 0.15) is 11.4 Å². The van der Waals surface area contributed by atoms with E-state index in [1.54, 1.807) is 18.2 Å². The maximum Gasteiger partial charge on any atom is 0.343 e. The van der Waals surface area contributed by atoms with Crippen molar-refractivity contribution in [2.45, 2.75) is 6.54 Å². The van der Waals surface area contributed by atoms with E-state index in [0.717, 1.165) is 22.4 Å². The molecule has 0 bridgehead atoms. The highest BCUT2D eigenvalue weighted by Gasteiger charge is 2.29. The van der Waals surface area contributed by atoms with Gasteiger partial charge in [-0.25, -0.2) is 9.18 Å². The van der Waals surface area contributed by atoms with Gasteiger partial charge in [0.25, 0.3) is 0 Å². The van der Waals surface area contributed by atoms with Crippen molar-refractivity contribution in [1.82, 2.24) is 0 Å². The summed E-state index contributed by atoms with van der Waals surface area (Å²) in [6.07, 6.45) is 0. The van der Waals surface area contributed by atoms with Gasteiger partial charge in [-0.05, 0) is 48.5 Å². The average molecular weight is 372 g/mol. The highest BCUT2D eigenvalue weighted by molar-refractivity contribution is 5.95. The summed E-state index contributed by atoms with van der Waals surface area (Å²) >= 11 is 0. The molecule has 4 nitrogen and oxygen atoms in total. The van der Waals surface area contributed by atoms with E-state index in [1.807, 2.05) is 53.4 Å². The van der Waals surface area contributed by atoms with E-state index in [4.69, 9.17) is 4.42 Å². The lowest BCUT2D eigenvalue weighted by Crippen LogP contribution is -2.42. The molecule has 1 aliphatic rings. The third kappa shape index (κ3) is 2.72. The number of halogens is 1. The Morgan fingerprint density at radius 3 is 2.32 bits per heavy atom. The van der Waals surface area contributed by atoms with Gasteiger partial charge in [0, 0.05) is 16.8 Å². The fraction of sp³-hybridized carbons (Fsp3) is 0.0870. The van der Waals surface area contributed by atoms with Crippen molar-refractivity contribution in [3.05, 3.63) is 101 Å². The predicted octanol–water partition coefficient (Wildman–Crippen LogP) is 5.05. The van der Waals surface area contributed by atoms with Crippen LogP contribution in [-0.4, -0.2) is 6.67 Å². The van der Waals surface area contributed by atoms with Gasteiger partial charge in [-0.3, -0.25) is 0 Å². The number of hydrogen-bond donors (Lipinski definition) is 0. The summed E-state index contributed by atoms with van der Waals surface area (Å²) in [5.74, 6) is -0.293. The number of fused-ring (bicyclic) bond motifs is 3. The monoisotopic (exact) mass is 372 g/mol.